The molecule has 9 heteroatoms. The lowest BCUT2D eigenvalue weighted by Gasteiger charge is -2.45. The molecule has 2 atom stereocenters. The summed E-state index contributed by atoms with van der Waals surface area (Å²) in [5.41, 5.74) is -0.309. The zero-order valence-electron chi connectivity index (χ0n) is 18.5. The lowest BCUT2D eigenvalue weighted by atomic mass is 9.90. The van der Waals surface area contributed by atoms with Crippen LogP contribution >= 0.6 is 0 Å². The van der Waals surface area contributed by atoms with E-state index in [1.807, 2.05) is 6.92 Å². The summed E-state index contributed by atoms with van der Waals surface area (Å²) in [6.45, 7) is 3.28. The van der Waals surface area contributed by atoms with E-state index >= 15 is 0 Å². The number of rotatable bonds is 4. The van der Waals surface area contributed by atoms with Gasteiger partial charge in [0.1, 0.15) is 17.5 Å². The van der Waals surface area contributed by atoms with Crippen LogP contribution in [0.25, 0.3) is 0 Å². The van der Waals surface area contributed by atoms with Crippen LogP contribution in [-0.4, -0.2) is 56.1 Å². The molecule has 1 saturated heterocycles. The van der Waals surface area contributed by atoms with Gasteiger partial charge in [-0.05, 0) is 56.8 Å². The van der Waals surface area contributed by atoms with Crippen molar-refractivity contribution in [3.63, 3.8) is 0 Å². The topological polar surface area (TPSA) is 94.9 Å². The van der Waals surface area contributed by atoms with E-state index in [1.165, 1.54) is 22.9 Å². The van der Waals surface area contributed by atoms with Crippen LogP contribution in [0.2, 0.25) is 0 Å². The average Bonchev–Trinajstić information content (AvgIpc) is 2.75. The van der Waals surface area contributed by atoms with E-state index in [0.29, 0.717) is 6.54 Å². The molecule has 1 aromatic heterocycles. The van der Waals surface area contributed by atoms with Gasteiger partial charge in [0.25, 0.3) is 11.8 Å². The number of nitrogens with one attached hydrogen (secondary N) is 1. The van der Waals surface area contributed by atoms with Crippen molar-refractivity contribution in [3.05, 3.63) is 63.3 Å². The summed E-state index contributed by atoms with van der Waals surface area (Å²) in [6, 6.07) is 5.88. The van der Waals surface area contributed by atoms with Crippen molar-refractivity contribution < 1.29 is 19.1 Å². The lowest BCUT2D eigenvalue weighted by molar-refractivity contribution is 0.0300. The van der Waals surface area contributed by atoms with Crippen LogP contribution in [0.3, 0.4) is 0 Å². The zero-order chi connectivity index (χ0) is 23.3. The number of amides is 2. The second kappa shape index (κ2) is 8.30. The SMILES string of the molecule is CC1CCNC2Cn3cc(C(=O)N(Cc4ccc(F)cc4)C4CCC4)c(=O)c(O)c3C(=O)N12. The van der Waals surface area contributed by atoms with Crippen molar-refractivity contribution in [2.75, 3.05) is 6.54 Å². The molecule has 174 valence electrons. The molecule has 0 radical (unpaired) electrons. The molecular formula is C24H27FN4O4. The Balaban J connectivity index is 1.51. The van der Waals surface area contributed by atoms with Gasteiger partial charge in [-0.15, -0.1) is 0 Å². The van der Waals surface area contributed by atoms with Crippen LogP contribution in [0, 0.1) is 5.82 Å². The quantitative estimate of drug-likeness (QED) is 0.738. The highest BCUT2D eigenvalue weighted by Crippen LogP contribution is 2.30. The Bertz CT molecular complexity index is 1160. The molecule has 1 aliphatic carbocycles. The number of aromatic hydroxyl groups is 1. The molecule has 5 rings (SSSR count). The zero-order valence-corrected chi connectivity index (χ0v) is 18.5. The standard InChI is InChI=1S/C24H27FN4O4/c1-14-9-10-26-19-13-27-12-18(21(30)22(31)20(27)24(33)29(14)19)23(32)28(17-3-2-4-17)11-15-5-7-16(25)8-6-15/h5-8,12,14,17,19,26,31H,2-4,9-11,13H2,1H3. The van der Waals surface area contributed by atoms with E-state index in [1.54, 1.807) is 21.9 Å². The van der Waals surface area contributed by atoms with Gasteiger partial charge >= 0.3 is 0 Å². The van der Waals surface area contributed by atoms with E-state index in [0.717, 1.165) is 37.8 Å². The molecule has 2 amide bonds. The number of hydrogen-bond acceptors (Lipinski definition) is 5. The van der Waals surface area contributed by atoms with Crippen LogP contribution in [-0.2, 0) is 13.1 Å². The highest BCUT2D eigenvalue weighted by molar-refractivity contribution is 5.99. The maximum Gasteiger partial charge on any atom is 0.276 e. The minimum absolute atomic E-state index is 0.0156. The van der Waals surface area contributed by atoms with Gasteiger partial charge < -0.3 is 19.5 Å². The first-order valence-electron chi connectivity index (χ1n) is 11.4. The van der Waals surface area contributed by atoms with Crippen molar-refractivity contribution in [2.45, 2.75) is 63.9 Å². The number of pyridine rings is 1. The van der Waals surface area contributed by atoms with Gasteiger partial charge in [-0.1, -0.05) is 12.1 Å². The molecule has 3 aliphatic rings. The molecule has 3 heterocycles. The fraction of sp³-hybridized carbons (Fsp3) is 0.458. The molecule has 2 aliphatic heterocycles. The maximum atomic E-state index is 13.5. The number of aromatic nitrogens is 1. The second-order valence-corrected chi connectivity index (χ2v) is 9.19. The van der Waals surface area contributed by atoms with Gasteiger partial charge in [-0.3, -0.25) is 19.7 Å². The molecule has 2 aromatic rings. The molecule has 2 N–H and O–H groups in total. The summed E-state index contributed by atoms with van der Waals surface area (Å²) in [4.78, 5) is 43.0. The minimum atomic E-state index is -0.834. The van der Waals surface area contributed by atoms with E-state index in [-0.39, 0.29) is 41.9 Å². The van der Waals surface area contributed by atoms with Crippen molar-refractivity contribution in [1.29, 1.82) is 0 Å². The average molecular weight is 455 g/mol. The number of carbonyl (C=O) groups is 2. The second-order valence-electron chi connectivity index (χ2n) is 9.19. The first kappa shape index (κ1) is 21.6. The van der Waals surface area contributed by atoms with Crippen molar-refractivity contribution >= 4 is 11.8 Å². The molecule has 0 spiro atoms. The lowest BCUT2D eigenvalue weighted by Crippen LogP contribution is -2.62. The normalized spacial score (nSPS) is 22.4. The third-order valence-corrected chi connectivity index (χ3v) is 7.09. The van der Waals surface area contributed by atoms with Crippen LogP contribution in [0.1, 0.15) is 59.0 Å². The molecule has 8 nitrogen and oxygen atoms in total. The number of benzene rings is 1. The molecular weight excluding hydrogens is 427 g/mol. The highest BCUT2D eigenvalue weighted by Gasteiger charge is 2.41. The molecule has 1 saturated carbocycles. The maximum absolute atomic E-state index is 13.5. The number of carbonyl (C=O) groups excluding carboxylic acids is 2. The first-order valence-corrected chi connectivity index (χ1v) is 11.4. The van der Waals surface area contributed by atoms with Gasteiger partial charge in [0.05, 0.1) is 6.54 Å². The van der Waals surface area contributed by atoms with Crippen molar-refractivity contribution in [3.8, 4) is 5.75 Å². The van der Waals surface area contributed by atoms with Crippen LogP contribution in [0.5, 0.6) is 5.75 Å². The van der Waals surface area contributed by atoms with Crippen molar-refractivity contribution in [1.82, 2.24) is 19.7 Å². The van der Waals surface area contributed by atoms with Crippen molar-refractivity contribution in [2.24, 2.45) is 0 Å². The third-order valence-electron chi connectivity index (χ3n) is 7.09. The number of nitrogens with zero attached hydrogens (tertiary/aromatic N) is 3. The molecule has 0 bridgehead atoms. The van der Waals surface area contributed by atoms with E-state index in [4.69, 9.17) is 0 Å². The monoisotopic (exact) mass is 454 g/mol. The van der Waals surface area contributed by atoms with Gasteiger partial charge in [0, 0.05) is 24.8 Å². The Labute approximate surface area is 190 Å². The first-order chi connectivity index (χ1) is 15.8. The fourth-order valence-electron chi connectivity index (χ4n) is 4.98. The minimum Gasteiger partial charge on any atom is -0.503 e. The van der Waals surface area contributed by atoms with Gasteiger partial charge in [0.2, 0.25) is 5.43 Å². The number of fused-ring (bicyclic) bond motifs is 2. The Hall–Kier alpha value is -3.20. The number of hydrogen-bond donors (Lipinski definition) is 2. The van der Waals surface area contributed by atoms with Crippen LogP contribution < -0.4 is 10.7 Å². The van der Waals surface area contributed by atoms with Gasteiger partial charge in [0.15, 0.2) is 11.4 Å². The summed E-state index contributed by atoms with van der Waals surface area (Å²) in [5.74, 6) is -1.94. The summed E-state index contributed by atoms with van der Waals surface area (Å²) in [6.07, 6.45) is 4.56. The molecule has 1 aromatic carbocycles. The Morgan fingerprint density at radius 2 is 1.94 bits per heavy atom. The highest BCUT2D eigenvalue weighted by atomic mass is 19.1. The Morgan fingerprint density at radius 1 is 1.21 bits per heavy atom. The fourth-order valence-corrected chi connectivity index (χ4v) is 4.98. The van der Waals surface area contributed by atoms with Gasteiger partial charge in [-0.25, -0.2) is 4.39 Å². The Morgan fingerprint density at radius 3 is 2.61 bits per heavy atom. The summed E-state index contributed by atoms with van der Waals surface area (Å²) in [7, 11) is 0. The summed E-state index contributed by atoms with van der Waals surface area (Å²) >= 11 is 0. The Kier molecular flexibility index (Phi) is 5.44. The van der Waals surface area contributed by atoms with Crippen LogP contribution in [0.15, 0.2) is 35.3 Å². The number of halogens is 1. The molecule has 2 fully saturated rings. The predicted octanol–water partition coefficient (Wildman–Crippen LogP) is 2.05. The predicted molar refractivity (Wildman–Crippen MR) is 118 cm³/mol. The molecule has 33 heavy (non-hydrogen) atoms. The summed E-state index contributed by atoms with van der Waals surface area (Å²) < 4.78 is 14.8. The van der Waals surface area contributed by atoms with Gasteiger partial charge in [-0.2, -0.15) is 0 Å². The summed E-state index contributed by atoms with van der Waals surface area (Å²) in [5, 5.41) is 14.0. The third kappa shape index (κ3) is 3.70. The van der Waals surface area contributed by atoms with Crippen LogP contribution in [0.4, 0.5) is 4.39 Å². The van der Waals surface area contributed by atoms with E-state index < -0.39 is 23.0 Å². The largest absolute Gasteiger partial charge is 0.503 e. The smallest absolute Gasteiger partial charge is 0.276 e. The van der Waals surface area contributed by atoms with E-state index in [2.05, 4.69) is 5.32 Å². The van der Waals surface area contributed by atoms with E-state index in [9.17, 15) is 23.9 Å². The molecule has 2 unspecified atom stereocenters.